The van der Waals surface area contributed by atoms with Crippen LogP contribution in [0.25, 0.3) is 0 Å². The van der Waals surface area contributed by atoms with Crippen LogP contribution in [-0.2, 0) is 0 Å². The Balaban J connectivity index is 1.72. The first kappa shape index (κ1) is 17.3. The molecular formula is C19H22N2O4. The number of aliphatic hydroxyl groups is 2. The van der Waals surface area contributed by atoms with Gasteiger partial charge >= 0.3 is 6.03 Å². The van der Waals surface area contributed by atoms with E-state index < -0.39 is 5.60 Å². The topological polar surface area (TPSA) is 82.0 Å². The van der Waals surface area contributed by atoms with E-state index in [1.807, 2.05) is 43.3 Å². The lowest BCUT2D eigenvalue weighted by molar-refractivity contribution is -0.00246. The van der Waals surface area contributed by atoms with Gasteiger partial charge in [-0.25, -0.2) is 4.79 Å². The van der Waals surface area contributed by atoms with Gasteiger partial charge in [-0.3, -0.25) is 0 Å². The number of amides is 2. The second-order valence-corrected chi connectivity index (χ2v) is 6.40. The molecule has 2 amide bonds. The summed E-state index contributed by atoms with van der Waals surface area (Å²) in [5.41, 5.74) is 0.419. The Hall–Kier alpha value is -2.57. The molecule has 1 atom stereocenters. The minimum atomic E-state index is -1.21. The summed E-state index contributed by atoms with van der Waals surface area (Å²) < 4.78 is 5.89. The van der Waals surface area contributed by atoms with Crippen LogP contribution in [0.4, 0.5) is 10.5 Å². The van der Waals surface area contributed by atoms with Crippen molar-refractivity contribution in [2.75, 3.05) is 25.0 Å². The van der Waals surface area contributed by atoms with Gasteiger partial charge < -0.3 is 25.2 Å². The lowest BCUT2D eigenvalue weighted by Crippen LogP contribution is -2.40. The van der Waals surface area contributed by atoms with E-state index in [-0.39, 0.29) is 19.2 Å². The molecule has 1 heterocycles. The van der Waals surface area contributed by atoms with Crippen molar-refractivity contribution >= 4 is 11.7 Å². The Morgan fingerprint density at radius 2 is 2.08 bits per heavy atom. The molecule has 2 aromatic rings. The van der Waals surface area contributed by atoms with Crippen LogP contribution in [0.5, 0.6) is 11.5 Å². The number of carbonyl (C=O) groups is 1. The van der Waals surface area contributed by atoms with Gasteiger partial charge in [-0.15, -0.1) is 0 Å². The van der Waals surface area contributed by atoms with Gasteiger partial charge in [0.05, 0.1) is 18.8 Å². The average molecular weight is 342 g/mol. The van der Waals surface area contributed by atoms with Crippen molar-refractivity contribution in [2.24, 2.45) is 0 Å². The van der Waals surface area contributed by atoms with Crippen LogP contribution in [-0.4, -0.2) is 46.4 Å². The number of likely N-dealkylation sites (tertiary alicyclic amines) is 1. The van der Waals surface area contributed by atoms with Crippen molar-refractivity contribution < 1.29 is 19.7 Å². The van der Waals surface area contributed by atoms with Crippen LogP contribution >= 0.6 is 0 Å². The zero-order valence-electron chi connectivity index (χ0n) is 14.1. The molecule has 6 nitrogen and oxygen atoms in total. The normalized spacial score (nSPS) is 19.7. The van der Waals surface area contributed by atoms with Crippen molar-refractivity contribution in [3.8, 4) is 11.5 Å². The van der Waals surface area contributed by atoms with Crippen LogP contribution < -0.4 is 10.1 Å². The zero-order chi connectivity index (χ0) is 17.9. The summed E-state index contributed by atoms with van der Waals surface area (Å²) in [6, 6.07) is 14.5. The Morgan fingerprint density at radius 1 is 1.28 bits per heavy atom. The molecule has 132 valence electrons. The van der Waals surface area contributed by atoms with Crippen LogP contribution in [0.2, 0.25) is 0 Å². The maximum absolute atomic E-state index is 12.4. The number of anilines is 1. The molecule has 0 bridgehead atoms. The van der Waals surface area contributed by atoms with Crippen molar-refractivity contribution in [3.63, 3.8) is 0 Å². The number of para-hydroxylation sites is 2. The Labute approximate surface area is 146 Å². The van der Waals surface area contributed by atoms with E-state index in [9.17, 15) is 15.0 Å². The number of aliphatic hydroxyl groups excluding tert-OH is 1. The maximum atomic E-state index is 12.4. The van der Waals surface area contributed by atoms with Crippen LogP contribution in [0.1, 0.15) is 12.0 Å². The lowest BCUT2D eigenvalue weighted by Gasteiger charge is -2.21. The van der Waals surface area contributed by atoms with Crippen molar-refractivity contribution in [1.29, 1.82) is 0 Å². The Morgan fingerprint density at radius 3 is 2.80 bits per heavy atom. The number of nitrogens with zero attached hydrogens (tertiary/aromatic N) is 1. The molecule has 3 N–H and O–H groups in total. The van der Waals surface area contributed by atoms with Crippen molar-refractivity contribution in [2.45, 2.75) is 18.9 Å². The molecule has 1 saturated heterocycles. The highest BCUT2D eigenvalue weighted by Crippen LogP contribution is 2.30. The van der Waals surface area contributed by atoms with Gasteiger partial charge in [0.15, 0.2) is 5.75 Å². The fraction of sp³-hybridized carbons (Fsp3) is 0.316. The first-order valence-electron chi connectivity index (χ1n) is 8.22. The van der Waals surface area contributed by atoms with E-state index in [4.69, 9.17) is 4.74 Å². The third-order valence-electron chi connectivity index (χ3n) is 4.26. The molecule has 1 aliphatic heterocycles. The van der Waals surface area contributed by atoms with Gasteiger partial charge in [0.25, 0.3) is 0 Å². The number of benzene rings is 2. The second-order valence-electron chi connectivity index (χ2n) is 6.40. The van der Waals surface area contributed by atoms with E-state index in [2.05, 4.69) is 5.32 Å². The van der Waals surface area contributed by atoms with Gasteiger partial charge in [-0.1, -0.05) is 24.3 Å². The quantitative estimate of drug-likeness (QED) is 0.798. The molecule has 0 unspecified atom stereocenters. The number of aryl methyl sites for hydroxylation is 1. The molecular weight excluding hydrogens is 320 g/mol. The number of ether oxygens (including phenoxy) is 1. The van der Waals surface area contributed by atoms with E-state index in [1.54, 1.807) is 12.1 Å². The van der Waals surface area contributed by atoms with Crippen molar-refractivity contribution in [3.05, 3.63) is 54.1 Å². The largest absolute Gasteiger partial charge is 0.455 e. The number of nitrogens with one attached hydrogen (secondary N) is 1. The second kappa shape index (κ2) is 7.13. The highest BCUT2D eigenvalue weighted by Gasteiger charge is 2.37. The lowest BCUT2D eigenvalue weighted by atomic mass is 10.1. The highest BCUT2D eigenvalue weighted by atomic mass is 16.5. The average Bonchev–Trinajstić information content (AvgIpc) is 3.00. The molecule has 6 heteroatoms. The molecule has 0 spiro atoms. The van der Waals surface area contributed by atoms with Crippen LogP contribution in [0, 0.1) is 6.92 Å². The van der Waals surface area contributed by atoms with E-state index in [1.165, 1.54) is 4.90 Å². The number of rotatable bonds is 4. The van der Waals surface area contributed by atoms with Crippen molar-refractivity contribution in [1.82, 2.24) is 4.90 Å². The molecule has 3 rings (SSSR count). The summed E-state index contributed by atoms with van der Waals surface area (Å²) in [4.78, 5) is 13.9. The molecule has 1 fully saturated rings. The first-order valence-corrected chi connectivity index (χ1v) is 8.22. The van der Waals surface area contributed by atoms with Crippen LogP contribution in [0.3, 0.4) is 0 Å². The van der Waals surface area contributed by atoms with Gasteiger partial charge in [0.1, 0.15) is 11.4 Å². The molecule has 0 saturated carbocycles. The number of hydrogen-bond donors (Lipinski definition) is 3. The molecule has 0 radical (unpaired) electrons. The Bertz CT molecular complexity index is 765. The SMILES string of the molecule is Cc1cccc(Oc2ccccc2NC(=O)N2CC[C@@](O)(CO)C2)c1. The molecule has 0 aliphatic carbocycles. The van der Waals surface area contributed by atoms with Gasteiger partial charge in [0, 0.05) is 6.54 Å². The number of urea groups is 1. The van der Waals surface area contributed by atoms with Gasteiger partial charge in [-0.2, -0.15) is 0 Å². The third kappa shape index (κ3) is 4.10. The summed E-state index contributed by atoms with van der Waals surface area (Å²) >= 11 is 0. The monoisotopic (exact) mass is 342 g/mol. The summed E-state index contributed by atoms with van der Waals surface area (Å²) in [7, 11) is 0. The van der Waals surface area contributed by atoms with Crippen LogP contribution in [0.15, 0.2) is 48.5 Å². The minimum absolute atomic E-state index is 0.107. The predicted octanol–water partition coefficient (Wildman–Crippen LogP) is 2.75. The maximum Gasteiger partial charge on any atom is 0.322 e. The molecule has 0 aromatic heterocycles. The fourth-order valence-electron chi connectivity index (χ4n) is 2.82. The first-order chi connectivity index (χ1) is 12.0. The number of hydrogen-bond acceptors (Lipinski definition) is 4. The molecule has 25 heavy (non-hydrogen) atoms. The predicted molar refractivity (Wildman–Crippen MR) is 94.9 cm³/mol. The van der Waals surface area contributed by atoms with E-state index >= 15 is 0 Å². The van der Waals surface area contributed by atoms with E-state index in [0.717, 1.165) is 5.56 Å². The van der Waals surface area contributed by atoms with Gasteiger partial charge in [0.2, 0.25) is 0 Å². The zero-order valence-corrected chi connectivity index (χ0v) is 14.1. The summed E-state index contributed by atoms with van der Waals surface area (Å²) in [6.07, 6.45) is 0.359. The minimum Gasteiger partial charge on any atom is -0.455 e. The number of β-amino-alcohol motifs (C(OH)–C–C–N with tert-alkyl or cyclic N) is 1. The third-order valence-corrected chi connectivity index (χ3v) is 4.26. The van der Waals surface area contributed by atoms with Gasteiger partial charge in [-0.05, 0) is 43.2 Å². The molecule has 2 aromatic carbocycles. The summed E-state index contributed by atoms with van der Waals surface area (Å²) in [6.45, 7) is 2.13. The highest BCUT2D eigenvalue weighted by molar-refractivity contribution is 5.91. The molecule has 1 aliphatic rings. The summed E-state index contributed by atoms with van der Waals surface area (Å²) in [5, 5.41) is 22.1. The number of carbonyl (C=O) groups excluding carboxylic acids is 1. The fourth-order valence-corrected chi connectivity index (χ4v) is 2.82. The van der Waals surface area contributed by atoms with E-state index in [0.29, 0.717) is 30.2 Å². The summed E-state index contributed by atoms with van der Waals surface area (Å²) in [5.74, 6) is 1.23. The smallest absolute Gasteiger partial charge is 0.322 e. The standard InChI is InChI=1S/C19H22N2O4/c1-14-5-4-6-15(11-14)25-17-8-3-2-7-16(17)20-18(23)21-10-9-19(24,12-21)13-22/h2-8,11,22,24H,9-10,12-13H2,1H3,(H,20,23)/t19-/m0/s1. The Kier molecular flexibility index (Phi) is 4.92.